The van der Waals surface area contributed by atoms with E-state index in [2.05, 4.69) is 0 Å². The van der Waals surface area contributed by atoms with Crippen molar-refractivity contribution in [2.75, 3.05) is 11.5 Å². The fourth-order valence-electron chi connectivity index (χ4n) is 2.90. The average Bonchev–Trinajstić information content (AvgIpc) is 2.87. The van der Waals surface area contributed by atoms with E-state index in [0.717, 1.165) is 29.8 Å². The van der Waals surface area contributed by atoms with Crippen LogP contribution in [-0.2, 0) is 16.0 Å². The number of fused-ring (bicyclic) bond motifs is 1. The lowest BCUT2D eigenvalue weighted by atomic mass is 10.1. The summed E-state index contributed by atoms with van der Waals surface area (Å²) < 4.78 is 31.2. The zero-order valence-corrected chi connectivity index (χ0v) is 13.0. The molecule has 0 radical (unpaired) electrons. The maximum atomic E-state index is 13.1. The number of hydrogen-bond acceptors (Lipinski definition) is 3. The van der Waals surface area contributed by atoms with Crippen LogP contribution >= 0.6 is 0 Å². The molecule has 0 saturated heterocycles. The van der Waals surface area contributed by atoms with E-state index in [0.29, 0.717) is 6.07 Å². The third-order valence-electron chi connectivity index (χ3n) is 3.90. The van der Waals surface area contributed by atoms with Crippen LogP contribution in [0.15, 0.2) is 42.5 Å². The third-order valence-corrected chi connectivity index (χ3v) is 3.90. The van der Waals surface area contributed by atoms with Gasteiger partial charge in [-0.1, -0.05) is 18.2 Å². The predicted octanol–water partition coefficient (Wildman–Crippen LogP) is 3.10. The summed E-state index contributed by atoms with van der Waals surface area (Å²) in [6.07, 6.45) is 0.727. The second-order valence-electron chi connectivity index (χ2n) is 5.68. The molecule has 0 saturated carbocycles. The van der Waals surface area contributed by atoms with Crippen LogP contribution in [-0.4, -0.2) is 24.5 Å². The summed E-state index contributed by atoms with van der Waals surface area (Å²) in [7, 11) is 0. The van der Waals surface area contributed by atoms with Crippen LogP contribution in [0.4, 0.5) is 14.5 Å². The SMILES string of the molecule is C[C@@H]1Cc2ccccc2N1C(=O)COC(=O)c1cc(F)cc(F)c1. The number of hydrogen-bond donors (Lipinski definition) is 0. The van der Waals surface area contributed by atoms with Gasteiger partial charge in [0.15, 0.2) is 6.61 Å². The van der Waals surface area contributed by atoms with E-state index in [9.17, 15) is 18.4 Å². The van der Waals surface area contributed by atoms with Crippen molar-refractivity contribution in [3.63, 3.8) is 0 Å². The summed E-state index contributed by atoms with van der Waals surface area (Å²) in [4.78, 5) is 25.8. The first-order valence-corrected chi connectivity index (χ1v) is 7.49. The minimum Gasteiger partial charge on any atom is -0.452 e. The minimum absolute atomic E-state index is 0.0415. The first kappa shape index (κ1) is 16.1. The van der Waals surface area contributed by atoms with Crippen LogP contribution in [0, 0.1) is 11.6 Å². The van der Waals surface area contributed by atoms with Gasteiger partial charge >= 0.3 is 5.97 Å². The van der Waals surface area contributed by atoms with Crippen LogP contribution in [0.1, 0.15) is 22.8 Å². The molecule has 1 aliphatic rings. The Kier molecular flexibility index (Phi) is 4.29. The van der Waals surface area contributed by atoms with Gasteiger partial charge in [-0.2, -0.15) is 0 Å². The monoisotopic (exact) mass is 331 g/mol. The van der Waals surface area contributed by atoms with E-state index in [4.69, 9.17) is 4.74 Å². The molecule has 1 amide bonds. The number of anilines is 1. The van der Waals surface area contributed by atoms with Gasteiger partial charge in [-0.05, 0) is 37.1 Å². The summed E-state index contributed by atoms with van der Waals surface area (Å²) >= 11 is 0. The minimum atomic E-state index is -0.943. The number of nitrogens with zero attached hydrogens (tertiary/aromatic N) is 1. The predicted molar refractivity (Wildman–Crippen MR) is 83.7 cm³/mol. The molecule has 0 fully saturated rings. The Morgan fingerprint density at radius 2 is 1.83 bits per heavy atom. The molecule has 2 aromatic rings. The molecule has 1 heterocycles. The molecule has 1 aliphatic heterocycles. The van der Waals surface area contributed by atoms with Crippen LogP contribution in [0.25, 0.3) is 0 Å². The van der Waals surface area contributed by atoms with Crippen molar-refractivity contribution in [2.24, 2.45) is 0 Å². The van der Waals surface area contributed by atoms with Crippen molar-refractivity contribution < 1.29 is 23.1 Å². The van der Waals surface area contributed by atoms with Gasteiger partial charge in [-0.15, -0.1) is 0 Å². The number of amides is 1. The number of rotatable bonds is 3. The Bertz CT molecular complexity index is 786. The van der Waals surface area contributed by atoms with E-state index in [1.807, 2.05) is 31.2 Å². The highest BCUT2D eigenvalue weighted by atomic mass is 19.1. The number of carbonyl (C=O) groups is 2. The number of esters is 1. The van der Waals surface area contributed by atoms with Crippen molar-refractivity contribution in [1.29, 1.82) is 0 Å². The van der Waals surface area contributed by atoms with Crippen molar-refractivity contribution in [1.82, 2.24) is 0 Å². The van der Waals surface area contributed by atoms with Crippen molar-refractivity contribution >= 4 is 17.6 Å². The molecule has 24 heavy (non-hydrogen) atoms. The van der Waals surface area contributed by atoms with Crippen LogP contribution in [0.2, 0.25) is 0 Å². The Morgan fingerprint density at radius 3 is 2.54 bits per heavy atom. The molecule has 0 bridgehead atoms. The fraction of sp³-hybridized carbons (Fsp3) is 0.222. The van der Waals surface area contributed by atoms with Gasteiger partial charge < -0.3 is 9.64 Å². The molecule has 1 atom stereocenters. The van der Waals surface area contributed by atoms with Gasteiger partial charge in [0.05, 0.1) is 5.56 Å². The Labute approximate surface area is 137 Å². The standard InChI is InChI=1S/C18H15F2NO3/c1-11-6-12-4-2-3-5-16(12)21(11)17(22)10-24-18(23)13-7-14(19)9-15(20)8-13/h2-5,7-9,11H,6,10H2,1H3/t11-/m1/s1. The first-order chi connectivity index (χ1) is 11.5. The molecule has 4 nitrogen and oxygen atoms in total. The third kappa shape index (κ3) is 3.13. The Hall–Kier alpha value is -2.76. The molecule has 2 aromatic carbocycles. The second-order valence-corrected chi connectivity index (χ2v) is 5.68. The highest BCUT2D eigenvalue weighted by Crippen LogP contribution is 2.31. The fourth-order valence-corrected chi connectivity index (χ4v) is 2.90. The summed E-state index contributed by atoms with van der Waals surface area (Å²) in [6, 6.07) is 9.86. The molecule has 6 heteroatoms. The quantitative estimate of drug-likeness (QED) is 0.812. The maximum Gasteiger partial charge on any atom is 0.338 e. The number of benzene rings is 2. The molecule has 0 N–H and O–H groups in total. The van der Waals surface area contributed by atoms with Gasteiger partial charge in [-0.25, -0.2) is 13.6 Å². The average molecular weight is 331 g/mol. The van der Waals surface area contributed by atoms with Gasteiger partial charge in [0, 0.05) is 17.8 Å². The number of halogens is 2. The first-order valence-electron chi connectivity index (χ1n) is 7.49. The molecular formula is C18H15F2NO3. The molecule has 0 spiro atoms. The van der Waals surface area contributed by atoms with Gasteiger partial charge in [0.1, 0.15) is 11.6 Å². The highest BCUT2D eigenvalue weighted by Gasteiger charge is 2.31. The van der Waals surface area contributed by atoms with Gasteiger partial charge in [0.2, 0.25) is 0 Å². The Morgan fingerprint density at radius 1 is 1.17 bits per heavy atom. The van der Waals surface area contributed by atoms with E-state index >= 15 is 0 Å². The maximum absolute atomic E-state index is 13.1. The van der Waals surface area contributed by atoms with Crippen molar-refractivity contribution in [3.05, 3.63) is 65.2 Å². The summed E-state index contributed by atoms with van der Waals surface area (Å²) in [5, 5.41) is 0. The summed E-state index contributed by atoms with van der Waals surface area (Å²) in [5.74, 6) is -3.08. The zero-order valence-electron chi connectivity index (χ0n) is 13.0. The van der Waals surface area contributed by atoms with Gasteiger partial charge in [0.25, 0.3) is 5.91 Å². The molecule has 0 unspecified atom stereocenters. The molecule has 124 valence electrons. The Balaban J connectivity index is 1.68. The number of ether oxygens (including phenoxy) is 1. The topological polar surface area (TPSA) is 46.6 Å². The van der Waals surface area contributed by atoms with Gasteiger partial charge in [-0.3, -0.25) is 4.79 Å². The molecule has 0 aromatic heterocycles. The lowest BCUT2D eigenvalue weighted by Gasteiger charge is -2.22. The molecule has 3 rings (SSSR count). The van der Waals surface area contributed by atoms with E-state index in [-0.39, 0.29) is 17.5 Å². The molecular weight excluding hydrogens is 316 g/mol. The lowest BCUT2D eigenvalue weighted by molar-refractivity contribution is -0.122. The largest absolute Gasteiger partial charge is 0.452 e. The number of carbonyl (C=O) groups excluding carboxylic acids is 2. The zero-order chi connectivity index (χ0) is 17.3. The van der Waals surface area contributed by atoms with Crippen LogP contribution in [0.3, 0.4) is 0 Å². The number of para-hydroxylation sites is 1. The highest BCUT2D eigenvalue weighted by molar-refractivity contribution is 5.99. The smallest absolute Gasteiger partial charge is 0.338 e. The molecule has 0 aliphatic carbocycles. The van der Waals surface area contributed by atoms with E-state index in [1.54, 1.807) is 4.90 Å². The van der Waals surface area contributed by atoms with Crippen LogP contribution in [0.5, 0.6) is 0 Å². The van der Waals surface area contributed by atoms with E-state index < -0.39 is 24.2 Å². The van der Waals surface area contributed by atoms with Crippen molar-refractivity contribution in [2.45, 2.75) is 19.4 Å². The van der Waals surface area contributed by atoms with Crippen LogP contribution < -0.4 is 4.90 Å². The summed E-state index contributed by atoms with van der Waals surface area (Å²) in [6.45, 7) is 1.41. The second kappa shape index (κ2) is 6.39. The van der Waals surface area contributed by atoms with E-state index in [1.165, 1.54) is 0 Å². The summed E-state index contributed by atoms with van der Waals surface area (Å²) in [5.41, 5.74) is 1.58. The van der Waals surface area contributed by atoms with Crippen molar-refractivity contribution in [3.8, 4) is 0 Å². The normalized spacial score (nSPS) is 16.0. The lowest BCUT2D eigenvalue weighted by Crippen LogP contribution is -2.38.